The molecule has 3 aliphatic rings. The van der Waals surface area contributed by atoms with Crippen molar-refractivity contribution in [1.82, 2.24) is 20.0 Å². The second-order valence-electron chi connectivity index (χ2n) is 10.0. The highest BCUT2D eigenvalue weighted by Crippen LogP contribution is 2.29. The number of nitrogens with zero attached hydrogens (tertiary/aromatic N) is 3. The second-order valence-corrected chi connectivity index (χ2v) is 10.0. The van der Waals surface area contributed by atoms with Gasteiger partial charge in [-0.3, -0.25) is 10.00 Å². The van der Waals surface area contributed by atoms with Gasteiger partial charge in [0.1, 0.15) is 5.82 Å². The summed E-state index contributed by atoms with van der Waals surface area (Å²) in [5, 5.41) is 7.41. The number of rotatable bonds is 8. The maximum atomic E-state index is 13.8. The van der Waals surface area contributed by atoms with Crippen molar-refractivity contribution in [2.24, 2.45) is 5.92 Å². The number of hydrogen-bond acceptors (Lipinski definition) is 4. The topological polar surface area (TPSA) is 44.4 Å². The van der Waals surface area contributed by atoms with Crippen molar-refractivity contribution in [3.63, 3.8) is 0 Å². The van der Waals surface area contributed by atoms with E-state index < -0.39 is 0 Å². The molecule has 2 aliphatic heterocycles. The van der Waals surface area contributed by atoms with E-state index >= 15 is 0 Å². The zero-order valence-corrected chi connectivity index (χ0v) is 19.1. The van der Waals surface area contributed by atoms with Crippen LogP contribution in [0.2, 0.25) is 0 Å². The van der Waals surface area contributed by atoms with Gasteiger partial charge in [0, 0.05) is 43.4 Å². The van der Waals surface area contributed by atoms with Crippen molar-refractivity contribution in [3.05, 3.63) is 41.8 Å². The van der Waals surface area contributed by atoms with Gasteiger partial charge in [0.25, 0.3) is 0 Å². The number of likely N-dealkylation sites (tertiary alicyclic amines) is 1. The fourth-order valence-corrected chi connectivity index (χ4v) is 5.98. The zero-order chi connectivity index (χ0) is 21.8. The normalized spacial score (nSPS) is 23.5. The van der Waals surface area contributed by atoms with E-state index in [4.69, 9.17) is 4.74 Å². The molecule has 1 aromatic carbocycles. The molecule has 1 saturated carbocycles. The molecule has 3 heterocycles. The first-order chi connectivity index (χ1) is 15.7. The van der Waals surface area contributed by atoms with Gasteiger partial charge in [-0.1, -0.05) is 25.0 Å². The summed E-state index contributed by atoms with van der Waals surface area (Å²) < 4.78 is 19.8. The summed E-state index contributed by atoms with van der Waals surface area (Å²) in [6, 6.07) is 7.63. The second kappa shape index (κ2) is 10.4. The molecule has 1 N–H and O–H groups in total. The lowest BCUT2D eigenvalue weighted by molar-refractivity contribution is 0.0540. The molecule has 1 aromatic heterocycles. The predicted octanol–water partition coefficient (Wildman–Crippen LogP) is 4.85. The van der Waals surface area contributed by atoms with Crippen molar-refractivity contribution >= 4 is 0 Å². The van der Waals surface area contributed by atoms with Gasteiger partial charge in [0.2, 0.25) is 0 Å². The number of piperidine rings is 1. The average molecular weight is 441 g/mol. The Kier molecular flexibility index (Phi) is 7.20. The summed E-state index contributed by atoms with van der Waals surface area (Å²) in [6.07, 6.45) is 12.8. The molecular weight excluding hydrogens is 403 g/mol. The number of aromatic amines is 1. The lowest BCUT2D eigenvalue weighted by Crippen LogP contribution is -2.43. The Morgan fingerprint density at radius 3 is 2.66 bits per heavy atom. The molecule has 2 aromatic rings. The van der Waals surface area contributed by atoms with Crippen molar-refractivity contribution < 1.29 is 9.13 Å². The summed E-state index contributed by atoms with van der Waals surface area (Å²) in [7, 11) is 0. The highest BCUT2D eigenvalue weighted by atomic mass is 19.1. The third-order valence-corrected chi connectivity index (χ3v) is 7.72. The lowest BCUT2D eigenvalue weighted by atomic mass is 9.94. The molecule has 3 fully saturated rings. The Morgan fingerprint density at radius 2 is 1.91 bits per heavy atom. The molecule has 174 valence electrons. The quantitative estimate of drug-likeness (QED) is 0.637. The van der Waals surface area contributed by atoms with E-state index in [2.05, 4.69) is 20.0 Å². The summed E-state index contributed by atoms with van der Waals surface area (Å²) in [5.74, 6) is 0.520. The third kappa shape index (κ3) is 5.41. The molecule has 0 amide bonds. The fraction of sp³-hybridized carbons (Fsp3) is 0.654. The molecular formula is C26H37FN4O. The van der Waals surface area contributed by atoms with Crippen LogP contribution in [0.4, 0.5) is 4.39 Å². The van der Waals surface area contributed by atoms with Gasteiger partial charge in [-0.15, -0.1) is 0 Å². The van der Waals surface area contributed by atoms with Crippen molar-refractivity contribution in [2.75, 3.05) is 32.8 Å². The van der Waals surface area contributed by atoms with Gasteiger partial charge in [0.15, 0.2) is 0 Å². The maximum Gasteiger partial charge on any atom is 0.123 e. The predicted molar refractivity (Wildman–Crippen MR) is 125 cm³/mol. The Labute approximate surface area is 191 Å². The third-order valence-electron chi connectivity index (χ3n) is 7.72. The largest absolute Gasteiger partial charge is 0.377 e. The minimum absolute atomic E-state index is 0.215. The molecule has 1 aliphatic carbocycles. The standard InChI is InChI=1S/C26H37FN4O/c27-23-6-3-5-21(15-23)26-22(16-28-29-26)18-30(19-25-9-4-14-32-25)17-20-10-12-31(13-11-20)24-7-1-2-8-24/h3,5-6,15-16,20,24-25H,1-2,4,7-14,17-19H2,(H,28,29)/t25-/m0/s1. The first kappa shape index (κ1) is 22.1. The lowest BCUT2D eigenvalue weighted by Gasteiger charge is -2.38. The molecule has 0 bridgehead atoms. The highest BCUT2D eigenvalue weighted by Gasteiger charge is 2.29. The van der Waals surface area contributed by atoms with E-state index in [1.54, 1.807) is 12.1 Å². The van der Waals surface area contributed by atoms with Crippen LogP contribution >= 0.6 is 0 Å². The summed E-state index contributed by atoms with van der Waals surface area (Å²) >= 11 is 0. The van der Waals surface area contributed by atoms with Crippen LogP contribution in [0.3, 0.4) is 0 Å². The number of H-pyrrole nitrogens is 1. The van der Waals surface area contributed by atoms with Crippen LogP contribution in [0.5, 0.6) is 0 Å². The van der Waals surface area contributed by atoms with Gasteiger partial charge < -0.3 is 9.64 Å². The van der Waals surface area contributed by atoms with Crippen LogP contribution in [0.1, 0.15) is 56.9 Å². The maximum absolute atomic E-state index is 13.8. The SMILES string of the molecule is Fc1cccc(-c2[nH]ncc2CN(CC2CCN(C3CCCC3)CC2)C[C@@H]2CCCO2)c1. The number of halogens is 1. The van der Waals surface area contributed by atoms with Gasteiger partial charge in [-0.2, -0.15) is 5.10 Å². The molecule has 0 unspecified atom stereocenters. The highest BCUT2D eigenvalue weighted by molar-refractivity contribution is 5.62. The number of hydrogen-bond donors (Lipinski definition) is 1. The van der Waals surface area contributed by atoms with Gasteiger partial charge in [-0.05, 0) is 69.7 Å². The van der Waals surface area contributed by atoms with Crippen molar-refractivity contribution in [2.45, 2.75) is 70.1 Å². The van der Waals surface area contributed by atoms with Crippen molar-refractivity contribution in [1.29, 1.82) is 0 Å². The van der Waals surface area contributed by atoms with E-state index in [1.807, 2.05) is 12.3 Å². The number of benzene rings is 1. The van der Waals surface area contributed by atoms with E-state index in [0.29, 0.717) is 6.10 Å². The van der Waals surface area contributed by atoms with E-state index in [0.717, 1.165) is 61.4 Å². The summed E-state index contributed by atoms with van der Waals surface area (Å²) in [5.41, 5.74) is 2.93. The van der Waals surface area contributed by atoms with E-state index in [9.17, 15) is 4.39 Å². The first-order valence-electron chi connectivity index (χ1n) is 12.6. The Bertz CT molecular complexity index is 851. The molecule has 0 spiro atoms. The molecule has 5 nitrogen and oxygen atoms in total. The number of ether oxygens (including phenoxy) is 1. The molecule has 5 rings (SSSR count). The van der Waals surface area contributed by atoms with Crippen LogP contribution in [-0.2, 0) is 11.3 Å². The smallest absolute Gasteiger partial charge is 0.123 e. The number of nitrogens with one attached hydrogen (secondary N) is 1. The number of aromatic nitrogens is 2. The first-order valence-corrected chi connectivity index (χ1v) is 12.6. The summed E-state index contributed by atoms with van der Waals surface area (Å²) in [4.78, 5) is 5.32. The Morgan fingerprint density at radius 1 is 1.06 bits per heavy atom. The van der Waals surface area contributed by atoms with E-state index in [-0.39, 0.29) is 5.82 Å². The van der Waals surface area contributed by atoms with Crippen LogP contribution < -0.4 is 0 Å². The molecule has 1 atom stereocenters. The van der Waals surface area contributed by atoms with Crippen LogP contribution in [-0.4, -0.2) is 64.9 Å². The van der Waals surface area contributed by atoms with Gasteiger partial charge >= 0.3 is 0 Å². The summed E-state index contributed by atoms with van der Waals surface area (Å²) in [6.45, 7) is 6.29. The molecule has 6 heteroatoms. The molecule has 2 saturated heterocycles. The van der Waals surface area contributed by atoms with Crippen LogP contribution in [0, 0.1) is 11.7 Å². The Balaban J connectivity index is 1.24. The Hall–Kier alpha value is -1.76. The van der Waals surface area contributed by atoms with Crippen LogP contribution in [0.25, 0.3) is 11.3 Å². The van der Waals surface area contributed by atoms with Gasteiger partial charge in [0.05, 0.1) is 18.0 Å². The minimum Gasteiger partial charge on any atom is -0.377 e. The monoisotopic (exact) mass is 440 g/mol. The minimum atomic E-state index is -0.215. The zero-order valence-electron chi connectivity index (χ0n) is 19.1. The van der Waals surface area contributed by atoms with Crippen molar-refractivity contribution in [3.8, 4) is 11.3 Å². The average Bonchev–Trinajstić information content (AvgIpc) is 3.58. The van der Waals surface area contributed by atoms with Crippen LogP contribution in [0.15, 0.2) is 30.5 Å². The molecule has 0 radical (unpaired) electrons. The molecule has 32 heavy (non-hydrogen) atoms. The van der Waals surface area contributed by atoms with E-state index in [1.165, 1.54) is 64.1 Å². The fourth-order valence-electron chi connectivity index (χ4n) is 5.98. The van der Waals surface area contributed by atoms with Gasteiger partial charge in [-0.25, -0.2) is 4.39 Å².